The van der Waals surface area contributed by atoms with Crippen LogP contribution < -0.4 is 14.8 Å². The highest BCUT2D eigenvalue weighted by molar-refractivity contribution is 5.96. The molecule has 1 heterocycles. The van der Waals surface area contributed by atoms with Crippen LogP contribution in [-0.4, -0.2) is 77.1 Å². The molecule has 0 saturated heterocycles. The Balaban J connectivity index is 2.04. The minimum atomic E-state index is -1.10. The fraction of sp³-hybridized carbons (Fsp3) is 0.586. The summed E-state index contributed by atoms with van der Waals surface area (Å²) in [5.41, 5.74) is 1.57. The van der Waals surface area contributed by atoms with Crippen molar-refractivity contribution < 1.29 is 34.4 Å². The van der Waals surface area contributed by atoms with Gasteiger partial charge in [0.2, 0.25) is 11.8 Å². The van der Waals surface area contributed by atoms with Crippen LogP contribution >= 0.6 is 0 Å². The fourth-order valence-electron chi connectivity index (χ4n) is 5.16. The minimum Gasteiger partial charge on any atom is -0.493 e. The van der Waals surface area contributed by atoms with E-state index in [0.717, 1.165) is 19.3 Å². The van der Waals surface area contributed by atoms with E-state index in [1.807, 2.05) is 6.08 Å². The van der Waals surface area contributed by atoms with Crippen molar-refractivity contribution in [1.29, 1.82) is 0 Å². The predicted molar refractivity (Wildman–Crippen MR) is 144 cm³/mol. The molecule has 0 spiro atoms. The predicted octanol–water partition coefficient (Wildman–Crippen LogP) is 2.43. The molecule has 0 saturated carbocycles. The van der Waals surface area contributed by atoms with E-state index in [1.54, 1.807) is 23.1 Å². The molecule has 2 amide bonds. The van der Waals surface area contributed by atoms with Gasteiger partial charge in [0, 0.05) is 30.6 Å². The van der Waals surface area contributed by atoms with E-state index < -0.39 is 30.1 Å². The van der Waals surface area contributed by atoms with Crippen LogP contribution in [0.1, 0.15) is 63.0 Å². The Hall–Kier alpha value is -2.88. The zero-order chi connectivity index (χ0) is 27.8. The van der Waals surface area contributed by atoms with Gasteiger partial charge in [0.1, 0.15) is 12.2 Å². The van der Waals surface area contributed by atoms with Gasteiger partial charge in [0.25, 0.3) is 0 Å². The van der Waals surface area contributed by atoms with Gasteiger partial charge in [-0.3, -0.25) is 9.59 Å². The maximum atomic E-state index is 13.4. The van der Waals surface area contributed by atoms with Crippen molar-refractivity contribution >= 4 is 11.8 Å². The first-order chi connectivity index (χ1) is 18.3. The number of benzene rings is 1. The summed E-state index contributed by atoms with van der Waals surface area (Å²) in [5.74, 6) is 0.0192. The van der Waals surface area contributed by atoms with Gasteiger partial charge in [-0.15, -0.1) is 6.58 Å². The Morgan fingerprint density at radius 2 is 2.03 bits per heavy atom. The molecule has 1 aliphatic carbocycles. The van der Waals surface area contributed by atoms with Gasteiger partial charge < -0.3 is 35.0 Å². The second-order valence-electron chi connectivity index (χ2n) is 10.3. The molecule has 0 aromatic heterocycles. The number of carbonyl (C=O) groups is 2. The van der Waals surface area contributed by atoms with E-state index in [4.69, 9.17) is 9.47 Å². The van der Waals surface area contributed by atoms with Crippen molar-refractivity contribution in [1.82, 2.24) is 10.2 Å². The number of amides is 2. The van der Waals surface area contributed by atoms with Crippen molar-refractivity contribution in [3.05, 3.63) is 47.6 Å². The average Bonchev–Trinajstić information content (AvgIpc) is 3.30. The average molecular weight is 531 g/mol. The fourth-order valence-corrected chi connectivity index (χ4v) is 5.16. The number of nitrogens with one attached hydrogen (secondary N) is 1. The van der Waals surface area contributed by atoms with Crippen molar-refractivity contribution in [2.24, 2.45) is 5.92 Å². The Labute approximate surface area is 225 Å². The number of nitrogens with zero attached hydrogens (tertiary/aromatic N) is 1. The van der Waals surface area contributed by atoms with E-state index in [0.29, 0.717) is 53.5 Å². The molecule has 4 atom stereocenters. The van der Waals surface area contributed by atoms with Gasteiger partial charge in [-0.05, 0) is 55.4 Å². The number of aliphatic hydroxyl groups excluding tert-OH is 3. The summed E-state index contributed by atoms with van der Waals surface area (Å²) >= 11 is 0. The summed E-state index contributed by atoms with van der Waals surface area (Å²) in [6.07, 6.45) is 5.02. The number of fused-ring (bicyclic) bond motifs is 3. The molecule has 38 heavy (non-hydrogen) atoms. The number of aliphatic hydroxyl groups is 3. The molecule has 0 radical (unpaired) electrons. The Morgan fingerprint density at radius 3 is 2.66 bits per heavy atom. The summed E-state index contributed by atoms with van der Waals surface area (Å²) in [7, 11) is 1.49. The molecule has 4 N–H and O–H groups in total. The smallest absolute Gasteiger partial charge is 0.247 e. The number of hydrogen-bond acceptors (Lipinski definition) is 7. The third-order valence-electron chi connectivity index (χ3n) is 7.17. The third kappa shape index (κ3) is 6.57. The van der Waals surface area contributed by atoms with Crippen LogP contribution in [0.5, 0.6) is 11.5 Å². The lowest BCUT2D eigenvalue weighted by Crippen LogP contribution is -2.56. The number of allylic oxidation sites excluding steroid dienone is 1. The molecule has 210 valence electrons. The third-order valence-corrected chi connectivity index (χ3v) is 7.17. The lowest BCUT2D eigenvalue weighted by atomic mass is 9.77. The second-order valence-corrected chi connectivity index (χ2v) is 10.3. The highest BCUT2D eigenvalue weighted by Crippen LogP contribution is 2.51. The monoisotopic (exact) mass is 530 g/mol. The zero-order valence-electron chi connectivity index (χ0n) is 22.7. The van der Waals surface area contributed by atoms with Crippen molar-refractivity contribution in [2.75, 3.05) is 26.8 Å². The quantitative estimate of drug-likeness (QED) is 0.215. The largest absolute Gasteiger partial charge is 0.493 e. The van der Waals surface area contributed by atoms with Crippen LogP contribution in [0.15, 0.2) is 36.4 Å². The zero-order valence-corrected chi connectivity index (χ0v) is 22.7. The molecule has 0 unspecified atom stereocenters. The van der Waals surface area contributed by atoms with E-state index in [2.05, 4.69) is 25.7 Å². The number of methoxy groups -OCH3 is 1. The molecule has 0 fully saturated rings. The van der Waals surface area contributed by atoms with Crippen LogP contribution in [0, 0.1) is 5.92 Å². The number of ether oxygens (including phenoxy) is 2. The molecule has 1 aliphatic heterocycles. The molecule has 1 aromatic carbocycles. The molecule has 9 nitrogen and oxygen atoms in total. The molecule has 2 aliphatic rings. The highest BCUT2D eigenvalue weighted by atomic mass is 16.5. The summed E-state index contributed by atoms with van der Waals surface area (Å²) in [4.78, 5) is 28.5. The van der Waals surface area contributed by atoms with Gasteiger partial charge in [-0.25, -0.2) is 0 Å². The first kappa shape index (κ1) is 29.7. The van der Waals surface area contributed by atoms with Crippen LogP contribution in [0.25, 0.3) is 0 Å². The topological polar surface area (TPSA) is 129 Å². The van der Waals surface area contributed by atoms with Crippen LogP contribution in [0.2, 0.25) is 0 Å². The summed E-state index contributed by atoms with van der Waals surface area (Å²) in [5, 5.41) is 33.4. The van der Waals surface area contributed by atoms with Gasteiger partial charge in [0.05, 0.1) is 32.3 Å². The Morgan fingerprint density at radius 1 is 1.26 bits per heavy atom. The molecular formula is C29H42N2O7. The Bertz CT molecular complexity index is 1020. The van der Waals surface area contributed by atoms with Gasteiger partial charge in [0.15, 0.2) is 11.5 Å². The van der Waals surface area contributed by atoms with E-state index in [9.17, 15) is 24.9 Å². The van der Waals surface area contributed by atoms with Crippen LogP contribution in [0.3, 0.4) is 0 Å². The number of hydrogen-bond donors (Lipinski definition) is 4. The molecular weight excluding hydrogens is 488 g/mol. The minimum absolute atomic E-state index is 0.0633. The lowest BCUT2D eigenvalue weighted by Gasteiger charge is -2.41. The van der Waals surface area contributed by atoms with E-state index >= 15 is 0 Å². The van der Waals surface area contributed by atoms with Gasteiger partial charge >= 0.3 is 0 Å². The Kier molecular flexibility index (Phi) is 10.8. The highest BCUT2D eigenvalue weighted by Gasteiger charge is 2.51. The van der Waals surface area contributed by atoms with Crippen molar-refractivity contribution in [3.63, 3.8) is 0 Å². The lowest BCUT2D eigenvalue weighted by molar-refractivity contribution is -0.137. The van der Waals surface area contributed by atoms with Gasteiger partial charge in [-0.2, -0.15) is 0 Å². The maximum absolute atomic E-state index is 13.4. The van der Waals surface area contributed by atoms with Crippen LogP contribution in [-0.2, 0) is 16.2 Å². The van der Waals surface area contributed by atoms with Gasteiger partial charge in [-0.1, -0.05) is 19.9 Å². The first-order valence-electron chi connectivity index (χ1n) is 13.4. The van der Waals surface area contributed by atoms with Crippen molar-refractivity contribution in [3.8, 4) is 11.5 Å². The molecule has 0 bridgehead atoms. The SMILES string of the molecule is C=CCCCCC(=O)N(CCC(C)C)[C@@H]1C=C(C(=O)NCCO)[C@@H]2c3cc(CO)cc(OC)c3O[C@@H]2[C@H]1O. The normalized spacial score (nSPS) is 21.7. The molecule has 1 aromatic rings. The standard InChI is InChI=1S/C29H42N2O7/c1-5-6-7-8-9-24(34)31(12-10-18(2)3)22-16-21(29(36)30-11-13-32)25-20-14-19(17-33)15-23(37-4)27(20)38-28(25)26(22)35/h5,14-16,18,22,25-26,28,32-33,35H,1,6-13,17H2,2-4H3,(H,30,36)/t22-,25+,26+,28+/m1/s1. The van der Waals surface area contributed by atoms with E-state index in [-0.39, 0.29) is 25.7 Å². The number of rotatable bonds is 14. The number of unbranched alkanes of at least 4 members (excludes halogenated alkanes) is 2. The maximum Gasteiger partial charge on any atom is 0.247 e. The number of carbonyl (C=O) groups excluding carboxylic acids is 2. The molecule has 3 rings (SSSR count). The van der Waals surface area contributed by atoms with E-state index in [1.165, 1.54) is 7.11 Å². The summed E-state index contributed by atoms with van der Waals surface area (Å²) < 4.78 is 11.8. The summed E-state index contributed by atoms with van der Waals surface area (Å²) in [6.45, 7) is 7.93. The second kappa shape index (κ2) is 13.8. The molecule has 9 heteroatoms. The van der Waals surface area contributed by atoms with Crippen LogP contribution in [0.4, 0.5) is 0 Å². The summed E-state index contributed by atoms with van der Waals surface area (Å²) in [6, 6.07) is 2.65. The van der Waals surface area contributed by atoms with Crippen molar-refractivity contribution in [2.45, 2.75) is 76.7 Å². The first-order valence-corrected chi connectivity index (χ1v) is 13.4.